The first-order valence-electron chi connectivity index (χ1n) is 10.5. The summed E-state index contributed by atoms with van der Waals surface area (Å²) in [7, 11) is 0. The number of carbonyl (C=O) groups is 1. The van der Waals surface area contributed by atoms with Crippen LogP contribution < -0.4 is 0 Å². The van der Waals surface area contributed by atoms with E-state index in [1.54, 1.807) is 17.5 Å². The molecule has 0 aromatic carbocycles. The lowest BCUT2D eigenvalue weighted by molar-refractivity contribution is -0.139. The first-order chi connectivity index (χ1) is 13.8. The maximum absolute atomic E-state index is 13.4. The van der Waals surface area contributed by atoms with Crippen molar-refractivity contribution in [2.24, 2.45) is 16.9 Å². The van der Waals surface area contributed by atoms with E-state index in [2.05, 4.69) is 6.08 Å². The van der Waals surface area contributed by atoms with Gasteiger partial charge in [-0.15, -0.1) is 0 Å². The summed E-state index contributed by atoms with van der Waals surface area (Å²) in [5, 5.41) is 6.68. The molecule has 1 amide bonds. The summed E-state index contributed by atoms with van der Waals surface area (Å²) < 4.78 is 11.3. The first-order valence-corrected chi connectivity index (χ1v) is 10.5. The van der Waals surface area contributed by atoms with Gasteiger partial charge in [0.25, 0.3) is 0 Å². The molecule has 3 heterocycles. The van der Waals surface area contributed by atoms with Crippen LogP contribution in [-0.2, 0) is 4.79 Å². The van der Waals surface area contributed by atoms with Gasteiger partial charge in [-0.1, -0.05) is 19.3 Å². The fraction of sp³-hybridized carbons (Fsp3) is 0.478. The highest BCUT2D eigenvalue weighted by Crippen LogP contribution is 2.45. The highest BCUT2D eigenvalue weighted by Gasteiger charge is 2.46. The molecule has 0 spiro atoms. The molecule has 2 fully saturated rings. The zero-order chi connectivity index (χ0) is 18.9. The third-order valence-electron chi connectivity index (χ3n) is 6.38. The van der Waals surface area contributed by atoms with E-state index in [9.17, 15) is 4.79 Å². The summed E-state index contributed by atoms with van der Waals surface area (Å²) in [6, 6.07) is 7.61. The molecule has 0 N–H and O–H groups in total. The number of furan rings is 2. The number of carbonyl (C=O) groups excluding carboxylic acids is 1. The Morgan fingerprint density at radius 3 is 2.61 bits per heavy atom. The standard InChI is InChI=1S/C23H26N2O3/c26-23(16-7-2-1-3-8-16)25-22(20-12-6-14-28-20)19-11-4-9-17(21(19)24-25)15-18-10-5-13-27-18/h5-6,10,12-16,19,22H,1-4,7-9,11H2/b17-15+/t19-,22-/m0/s1. The minimum absolute atomic E-state index is 0.0909. The second-order valence-corrected chi connectivity index (χ2v) is 8.15. The van der Waals surface area contributed by atoms with E-state index in [1.807, 2.05) is 24.3 Å². The van der Waals surface area contributed by atoms with Crippen LogP contribution in [0.2, 0.25) is 0 Å². The van der Waals surface area contributed by atoms with E-state index in [0.29, 0.717) is 0 Å². The predicted octanol–water partition coefficient (Wildman–Crippen LogP) is 5.58. The molecule has 3 aliphatic rings. The van der Waals surface area contributed by atoms with E-state index >= 15 is 0 Å². The number of hydrogen-bond acceptors (Lipinski definition) is 4. The van der Waals surface area contributed by atoms with Crippen LogP contribution in [0, 0.1) is 11.8 Å². The van der Waals surface area contributed by atoms with Crippen molar-refractivity contribution < 1.29 is 13.6 Å². The zero-order valence-corrected chi connectivity index (χ0v) is 16.0. The Hall–Kier alpha value is -2.56. The molecule has 2 aliphatic carbocycles. The molecule has 0 bridgehead atoms. The van der Waals surface area contributed by atoms with Crippen LogP contribution in [0.4, 0.5) is 0 Å². The number of hydrogen-bond donors (Lipinski definition) is 0. The van der Waals surface area contributed by atoms with Gasteiger partial charge in [-0.25, -0.2) is 5.01 Å². The molecule has 2 aromatic rings. The van der Waals surface area contributed by atoms with Crippen molar-refractivity contribution in [3.8, 4) is 0 Å². The maximum Gasteiger partial charge on any atom is 0.246 e. The van der Waals surface area contributed by atoms with E-state index in [1.165, 1.54) is 12.0 Å². The van der Waals surface area contributed by atoms with E-state index in [-0.39, 0.29) is 23.8 Å². The van der Waals surface area contributed by atoms with Gasteiger partial charge in [0.15, 0.2) is 0 Å². The summed E-state index contributed by atoms with van der Waals surface area (Å²) in [5.41, 5.74) is 2.22. The van der Waals surface area contributed by atoms with E-state index in [0.717, 1.165) is 62.2 Å². The van der Waals surface area contributed by atoms with Gasteiger partial charge in [-0.05, 0) is 68.0 Å². The lowest BCUT2D eigenvalue weighted by Gasteiger charge is -2.30. The molecule has 0 unspecified atom stereocenters. The van der Waals surface area contributed by atoms with Crippen LogP contribution >= 0.6 is 0 Å². The summed E-state index contributed by atoms with van der Waals surface area (Å²) in [6.07, 6.45) is 14.0. The predicted molar refractivity (Wildman–Crippen MR) is 106 cm³/mol. The van der Waals surface area contributed by atoms with Crippen LogP contribution in [0.15, 0.2) is 56.3 Å². The molecule has 146 valence electrons. The minimum atomic E-state index is -0.125. The number of allylic oxidation sites excluding steroid dienone is 1. The number of nitrogens with zero attached hydrogens (tertiary/aromatic N) is 2. The second kappa shape index (κ2) is 7.46. The summed E-state index contributed by atoms with van der Waals surface area (Å²) in [5.74, 6) is 2.12. The molecule has 2 atom stereocenters. The summed E-state index contributed by atoms with van der Waals surface area (Å²) in [4.78, 5) is 13.4. The first kappa shape index (κ1) is 17.5. The van der Waals surface area contributed by atoms with Crippen molar-refractivity contribution >= 4 is 17.7 Å². The van der Waals surface area contributed by atoms with Crippen molar-refractivity contribution in [1.29, 1.82) is 0 Å². The summed E-state index contributed by atoms with van der Waals surface area (Å²) in [6.45, 7) is 0. The SMILES string of the molecule is O=C(C1CCCCC1)N1N=C2/C(=C/c3ccco3)CCC[C@@H]2[C@H]1c1ccco1. The average molecular weight is 378 g/mol. The third-order valence-corrected chi connectivity index (χ3v) is 6.38. The molecule has 2 aromatic heterocycles. The van der Waals surface area contributed by atoms with E-state index < -0.39 is 0 Å². The lowest BCUT2D eigenvalue weighted by Crippen LogP contribution is -2.36. The Kier molecular flexibility index (Phi) is 4.67. The highest BCUT2D eigenvalue weighted by atomic mass is 16.3. The number of hydrazone groups is 1. The third kappa shape index (κ3) is 3.13. The van der Waals surface area contributed by atoms with Crippen molar-refractivity contribution in [2.45, 2.75) is 57.4 Å². The number of fused-ring (bicyclic) bond motifs is 1. The highest BCUT2D eigenvalue weighted by molar-refractivity contribution is 6.08. The monoisotopic (exact) mass is 378 g/mol. The molecule has 5 heteroatoms. The smallest absolute Gasteiger partial charge is 0.246 e. The van der Waals surface area contributed by atoms with Gasteiger partial charge >= 0.3 is 0 Å². The molecule has 2 saturated carbocycles. The molecule has 28 heavy (non-hydrogen) atoms. The Bertz CT molecular complexity index is 873. The van der Waals surface area contributed by atoms with Crippen molar-refractivity contribution in [3.05, 3.63) is 53.9 Å². The minimum Gasteiger partial charge on any atom is -0.467 e. The van der Waals surface area contributed by atoms with Crippen LogP contribution in [0.25, 0.3) is 6.08 Å². The second-order valence-electron chi connectivity index (χ2n) is 8.15. The van der Waals surface area contributed by atoms with Gasteiger partial charge in [0, 0.05) is 11.8 Å². The Morgan fingerprint density at radius 2 is 1.86 bits per heavy atom. The molecule has 0 radical (unpaired) electrons. The summed E-state index contributed by atoms with van der Waals surface area (Å²) >= 11 is 0. The van der Waals surface area contributed by atoms with Crippen molar-refractivity contribution in [2.75, 3.05) is 0 Å². The van der Waals surface area contributed by atoms with Gasteiger partial charge < -0.3 is 8.83 Å². The lowest BCUT2D eigenvalue weighted by atomic mass is 9.79. The fourth-order valence-electron chi connectivity index (χ4n) is 5.00. The van der Waals surface area contributed by atoms with Gasteiger partial charge in [0.2, 0.25) is 5.91 Å². The van der Waals surface area contributed by atoms with Crippen molar-refractivity contribution in [1.82, 2.24) is 5.01 Å². The zero-order valence-electron chi connectivity index (χ0n) is 16.0. The van der Waals surface area contributed by atoms with Crippen LogP contribution in [0.3, 0.4) is 0 Å². The molecule has 5 rings (SSSR count). The Balaban J connectivity index is 1.51. The molecule has 1 aliphatic heterocycles. The quantitative estimate of drug-likeness (QED) is 0.701. The Morgan fingerprint density at radius 1 is 1.04 bits per heavy atom. The van der Waals surface area contributed by atoms with Crippen LogP contribution in [0.1, 0.15) is 68.9 Å². The Labute approximate surface area is 165 Å². The number of rotatable bonds is 3. The fourth-order valence-corrected chi connectivity index (χ4v) is 5.00. The van der Waals surface area contributed by atoms with Crippen LogP contribution in [-0.4, -0.2) is 16.6 Å². The molecule has 5 nitrogen and oxygen atoms in total. The van der Waals surface area contributed by atoms with Crippen LogP contribution in [0.5, 0.6) is 0 Å². The van der Waals surface area contributed by atoms with Gasteiger partial charge in [0.05, 0.1) is 18.2 Å². The largest absolute Gasteiger partial charge is 0.467 e. The van der Waals surface area contributed by atoms with Gasteiger partial charge in [0.1, 0.15) is 17.6 Å². The van der Waals surface area contributed by atoms with Crippen molar-refractivity contribution in [3.63, 3.8) is 0 Å². The molecule has 0 saturated heterocycles. The normalized spacial score (nSPS) is 27.1. The topological polar surface area (TPSA) is 59.0 Å². The van der Waals surface area contributed by atoms with Gasteiger partial charge in [-0.2, -0.15) is 5.10 Å². The molecular weight excluding hydrogens is 352 g/mol. The maximum atomic E-state index is 13.4. The average Bonchev–Trinajstić information content (AvgIpc) is 3.48. The number of amides is 1. The van der Waals surface area contributed by atoms with E-state index in [4.69, 9.17) is 13.9 Å². The molecular formula is C23H26N2O3. The van der Waals surface area contributed by atoms with Gasteiger partial charge in [-0.3, -0.25) is 4.79 Å².